The summed E-state index contributed by atoms with van der Waals surface area (Å²) in [5, 5.41) is 13.4. The topological polar surface area (TPSA) is 71.3 Å². The largest absolute Gasteiger partial charge is 0.419 e. The zero-order valence-corrected chi connectivity index (χ0v) is 15.1. The number of hydrogen-bond acceptors (Lipinski definition) is 6. The lowest BCUT2D eigenvalue weighted by molar-refractivity contribution is 0.0905. The van der Waals surface area contributed by atoms with Crippen LogP contribution >= 0.6 is 11.3 Å². The molecule has 1 aliphatic rings. The molecule has 6 nitrogen and oxygen atoms in total. The molecule has 0 atom stereocenters. The molecule has 0 bridgehead atoms. The van der Waals surface area contributed by atoms with E-state index in [1.54, 1.807) is 11.3 Å². The highest BCUT2D eigenvalue weighted by atomic mass is 32.1. The molecule has 134 valence electrons. The molecular formula is C19H20N4O2S. The average Bonchev–Trinajstić information content (AvgIpc) is 3.36. The molecule has 0 spiro atoms. The number of nitrogens with zero attached hydrogens (tertiary/aromatic N) is 3. The second-order valence-electron chi connectivity index (χ2n) is 6.37. The molecule has 1 aromatic carbocycles. The minimum atomic E-state index is 0.00143. The fourth-order valence-corrected chi connectivity index (χ4v) is 3.75. The number of carbonyl (C=O) groups is 1. The van der Waals surface area contributed by atoms with Crippen molar-refractivity contribution in [1.29, 1.82) is 0 Å². The van der Waals surface area contributed by atoms with Gasteiger partial charge in [-0.05, 0) is 36.4 Å². The van der Waals surface area contributed by atoms with E-state index in [-0.39, 0.29) is 11.9 Å². The highest BCUT2D eigenvalue weighted by molar-refractivity contribution is 7.13. The maximum atomic E-state index is 12.2. The van der Waals surface area contributed by atoms with Crippen LogP contribution in [0.4, 0.5) is 0 Å². The average molecular weight is 368 g/mol. The van der Waals surface area contributed by atoms with Gasteiger partial charge in [0.25, 0.3) is 11.8 Å². The first-order valence-electron chi connectivity index (χ1n) is 8.72. The first kappa shape index (κ1) is 16.9. The van der Waals surface area contributed by atoms with Gasteiger partial charge in [-0.15, -0.1) is 21.5 Å². The number of nitrogens with one attached hydrogen (secondary N) is 1. The van der Waals surface area contributed by atoms with Crippen molar-refractivity contribution in [1.82, 2.24) is 20.4 Å². The minimum absolute atomic E-state index is 0.00143. The van der Waals surface area contributed by atoms with Crippen molar-refractivity contribution in [3.63, 3.8) is 0 Å². The quantitative estimate of drug-likeness (QED) is 0.749. The van der Waals surface area contributed by atoms with E-state index in [1.165, 1.54) is 0 Å². The molecular weight excluding hydrogens is 348 g/mol. The Hall–Kier alpha value is -2.51. The van der Waals surface area contributed by atoms with Crippen LogP contribution in [0.3, 0.4) is 0 Å². The lowest BCUT2D eigenvalue weighted by Gasteiger charge is -2.31. The van der Waals surface area contributed by atoms with Gasteiger partial charge in [0.2, 0.25) is 5.89 Å². The van der Waals surface area contributed by atoms with Crippen LogP contribution in [0.2, 0.25) is 0 Å². The van der Waals surface area contributed by atoms with Crippen molar-refractivity contribution in [2.24, 2.45) is 0 Å². The van der Waals surface area contributed by atoms with Gasteiger partial charge in [0.1, 0.15) is 0 Å². The molecule has 0 unspecified atom stereocenters. The number of carbonyl (C=O) groups excluding carboxylic acids is 1. The summed E-state index contributed by atoms with van der Waals surface area (Å²) in [7, 11) is 0. The summed E-state index contributed by atoms with van der Waals surface area (Å²) < 4.78 is 5.76. The lowest BCUT2D eigenvalue weighted by atomic mass is 10.0. The Morgan fingerprint density at radius 1 is 1.15 bits per heavy atom. The SMILES string of the molecule is O=C(NC1CCN(Cc2nnc(-c3cccs3)o2)CC1)c1ccccc1. The third-order valence-corrected chi connectivity index (χ3v) is 5.37. The molecule has 2 aromatic heterocycles. The maximum absolute atomic E-state index is 12.2. The van der Waals surface area contributed by atoms with Gasteiger partial charge in [0.05, 0.1) is 11.4 Å². The zero-order valence-electron chi connectivity index (χ0n) is 14.3. The highest BCUT2D eigenvalue weighted by Gasteiger charge is 2.22. The number of thiophene rings is 1. The first-order valence-corrected chi connectivity index (χ1v) is 9.60. The summed E-state index contributed by atoms with van der Waals surface area (Å²) in [4.78, 5) is 15.5. The predicted octanol–water partition coefficient (Wildman–Crippen LogP) is 3.19. The summed E-state index contributed by atoms with van der Waals surface area (Å²) >= 11 is 1.59. The zero-order chi connectivity index (χ0) is 17.8. The first-order chi connectivity index (χ1) is 12.8. The summed E-state index contributed by atoms with van der Waals surface area (Å²) in [6.45, 7) is 2.45. The predicted molar refractivity (Wildman–Crippen MR) is 99.8 cm³/mol. The molecule has 4 rings (SSSR count). The van der Waals surface area contributed by atoms with E-state index in [0.29, 0.717) is 23.9 Å². The van der Waals surface area contributed by atoms with Crippen LogP contribution in [-0.2, 0) is 6.54 Å². The fraction of sp³-hybridized carbons (Fsp3) is 0.316. The van der Waals surface area contributed by atoms with Gasteiger partial charge < -0.3 is 9.73 Å². The maximum Gasteiger partial charge on any atom is 0.257 e. The minimum Gasteiger partial charge on any atom is -0.419 e. The monoisotopic (exact) mass is 368 g/mol. The van der Waals surface area contributed by atoms with Gasteiger partial charge in [-0.25, -0.2) is 0 Å². The molecule has 1 amide bonds. The van der Waals surface area contributed by atoms with E-state index < -0.39 is 0 Å². The van der Waals surface area contributed by atoms with Gasteiger partial charge >= 0.3 is 0 Å². The van der Waals surface area contributed by atoms with Crippen LogP contribution in [0.5, 0.6) is 0 Å². The van der Waals surface area contributed by atoms with Gasteiger partial charge in [0.15, 0.2) is 0 Å². The Labute approximate surface area is 155 Å². The van der Waals surface area contributed by atoms with Crippen molar-refractivity contribution < 1.29 is 9.21 Å². The second-order valence-corrected chi connectivity index (χ2v) is 7.32. The third kappa shape index (κ3) is 4.00. The smallest absolute Gasteiger partial charge is 0.257 e. The normalized spacial score (nSPS) is 15.8. The second kappa shape index (κ2) is 7.80. The van der Waals surface area contributed by atoms with Crippen molar-refractivity contribution >= 4 is 17.2 Å². The van der Waals surface area contributed by atoms with Gasteiger partial charge in [-0.3, -0.25) is 9.69 Å². The molecule has 1 fully saturated rings. The number of likely N-dealkylation sites (tertiary alicyclic amines) is 1. The fourth-order valence-electron chi connectivity index (χ4n) is 3.10. The third-order valence-electron chi connectivity index (χ3n) is 4.52. The number of hydrogen-bond donors (Lipinski definition) is 1. The van der Waals surface area contributed by atoms with Crippen LogP contribution in [0.15, 0.2) is 52.3 Å². The summed E-state index contributed by atoms with van der Waals surface area (Å²) in [5.41, 5.74) is 0.710. The van der Waals surface area contributed by atoms with E-state index in [4.69, 9.17) is 4.42 Å². The number of piperidine rings is 1. The number of aromatic nitrogens is 2. The molecule has 0 aliphatic carbocycles. The van der Waals surface area contributed by atoms with Gasteiger partial charge in [0, 0.05) is 24.7 Å². The van der Waals surface area contributed by atoms with Gasteiger partial charge in [-0.2, -0.15) is 0 Å². The van der Waals surface area contributed by atoms with E-state index in [1.807, 2.05) is 47.8 Å². The summed E-state index contributed by atoms with van der Waals surface area (Å²) in [6.07, 6.45) is 1.84. The molecule has 26 heavy (non-hydrogen) atoms. The lowest BCUT2D eigenvalue weighted by Crippen LogP contribution is -2.44. The van der Waals surface area contributed by atoms with Crippen molar-refractivity contribution in [2.75, 3.05) is 13.1 Å². The Kier molecular flexibility index (Phi) is 5.08. The van der Waals surface area contributed by atoms with Crippen LogP contribution in [0.25, 0.3) is 10.8 Å². The number of benzene rings is 1. The van der Waals surface area contributed by atoms with Crippen LogP contribution in [0, 0.1) is 0 Å². The van der Waals surface area contributed by atoms with E-state index >= 15 is 0 Å². The Morgan fingerprint density at radius 2 is 1.96 bits per heavy atom. The highest BCUT2D eigenvalue weighted by Crippen LogP contribution is 2.23. The molecule has 3 aromatic rings. The van der Waals surface area contributed by atoms with Crippen molar-refractivity contribution in [2.45, 2.75) is 25.4 Å². The Balaban J connectivity index is 1.27. The van der Waals surface area contributed by atoms with Crippen LogP contribution in [0.1, 0.15) is 29.1 Å². The number of rotatable bonds is 5. The molecule has 0 saturated carbocycles. The molecule has 1 N–H and O–H groups in total. The summed E-state index contributed by atoms with van der Waals surface area (Å²) in [5.74, 6) is 1.22. The van der Waals surface area contributed by atoms with E-state index in [0.717, 1.165) is 30.8 Å². The van der Waals surface area contributed by atoms with E-state index in [2.05, 4.69) is 20.4 Å². The van der Waals surface area contributed by atoms with E-state index in [9.17, 15) is 4.79 Å². The standard InChI is InChI=1S/C19H20N4O2S/c24-18(14-5-2-1-3-6-14)20-15-8-10-23(11-9-15)13-17-21-22-19(25-17)16-7-4-12-26-16/h1-7,12,15H,8-11,13H2,(H,20,24). The van der Waals surface area contributed by atoms with Crippen LogP contribution in [-0.4, -0.2) is 40.1 Å². The Morgan fingerprint density at radius 3 is 2.69 bits per heavy atom. The van der Waals surface area contributed by atoms with Crippen molar-refractivity contribution in [3.05, 3.63) is 59.3 Å². The van der Waals surface area contributed by atoms with Gasteiger partial charge in [-0.1, -0.05) is 24.3 Å². The summed E-state index contributed by atoms with van der Waals surface area (Å²) in [6, 6.07) is 13.5. The van der Waals surface area contributed by atoms with Crippen molar-refractivity contribution in [3.8, 4) is 10.8 Å². The molecule has 1 saturated heterocycles. The molecule has 1 aliphatic heterocycles. The number of amides is 1. The van der Waals surface area contributed by atoms with Crippen LogP contribution < -0.4 is 5.32 Å². The molecule has 7 heteroatoms. The molecule has 3 heterocycles. The molecule has 0 radical (unpaired) electrons. The Bertz CT molecular complexity index is 840.